The van der Waals surface area contributed by atoms with Crippen molar-refractivity contribution in [1.82, 2.24) is 10.3 Å². The Hall–Kier alpha value is -3.44. The Bertz CT molecular complexity index is 1240. The fraction of sp³-hybridized carbons (Fsp3) is 0.261. The van der Waals surface area contributed by atoms with E-state index in [-0.39, 0.29) is 30.2 Å². The second-order valence-corrected chi connectivity index (χ2v) is 10.8. The van der Waals surface area contributed by atoms with Crippen LogP contribution in [0.25, 0.3) is 0 Å². The van der Waals surface area contributed by atoms with E-state index in [9.17, 15) is 18.0 Å². The molecule has 180 valence electrons. The average Bonchev–Trinajstić information content (AvgIpc) is 3.25. The summed E-state index contributed by atoms with van der Waals surface area (Å²) in [5, 5.41) is 7.54. The maximum absolute atomic E-state index is 12.7. The van der Waals surface area contributed by atoms with Crippen LogP contribution < -0.4 is 20.1 Å². The van der Waals surface area contributed by atoms with Gasteiger partial charge in [-0.15, -0.1) is 11.3 Å². The van der Waals surface area contributed by atoms with Crippen LogP contribution in [0.1, 0.15) is 34.6 Å². The topological polar surface area (TPSA) is 124 Å². The second-order valence-electron chi connectivity index (χ2n) is 7.66. The maximum Gasteiger partial charge on any atom is 0.257 e. The summed E-state index contributed by atoms with van der Waals surface area (Å²) >= 11 is 1.31. The highest BCUT2D eigenvalue weighted by atomic mass is 32.2. The molecule has 0 saturated heterocycles. The van der Waals surface area contributed by atoms with Crippen LogP contribution in [0.3, 0.4) is 0 Å². The van der Waals surface area contributed by atoms with Crippen LogP contribution in [0.15, 0.2) is 54.0 Å². The Labute approximate surface area is 202 Å². The Morgan fingerprint density at radius 1 is 1.00 bits per heavy atom. The van der Waals surface area contributed by atoms with Crippen molar-refractivity contribution in [2.45, 2.75) is 20.0 Å². The molecule has 2 aromatic carbocycles. The Morgan fingerprint density at radius 3 is 2.32 bits per heavy atom. The number of thiazole rings is 1. The van der Waals surface area contributed by atoms with Gasteiger partial charge in [-0.1, -0.05) is 0 Å². The molecule has 0 aliphatic heterocycles. The third-order valence-corrected chi connectivity index (χ3v) is 5.91. The Kier molecular flexibility index (Phi) is 8.24. The number of sulfone groups is 1. The molecule has 0 unspecified atom stereocenters. The molecule has 3 aromatic rings. The van der Waals surface area contributed by atoms with Crippen molar-refractivity contribution in [2.24, 2.45) is 0 Å². The zero-order valence-electron chi connectivity index (χ0n) is 18.9. The molecule has 2 amide bonds. The molecule has 0 bridgehead atoms. The summed E-state index contributed by atoms with van der Waals surface area (Å²) in [6.07, 6.45) is 2.61. The molecule has 0 fully saturated rings. The predicted octanol–water partition coefficient (Wildman–Crippen LogP) is 3.75. The predicted molar refractivity (Wildman–Crippen MR) is 131 cm³/mol. The number of ether oxygens (including phenoxy) is 2. The molecule has 0 atom stereocenters. The lowest BCUT2D eigenvalue weighted by Gasteiger charge is -2.14. The molecule has 0 spiro atoms. The van der Waals surface area contributed by atoms with Gasteiger partial charge in [0, 0.05) is 41.6 Å². The van der Waals surface area contributed by atoms with Gasteiger partial charge in [0.15, 0.2) is 5.13 Å². The normalized spacial score (nSPS) is 11.2. The summed E-state index contributed by atoms with van der Waals surface area (Å²) in [5.74, 6) is 0.429. The number of hydrogen-bond donors (Lipinski definition) is 2. The van der Waals surface area contributed by atoms with Crippen LogP contribution in [-0.4, -0.2) is 49.9 Å². The monoisotopic (exact) mass is 503 g/mol. The molecule has 0 radical (unpaired) electrons. The minimum atomic E-state index is -3.16. The minimum Gasteiger partial charge on any atom is -0.491 e. The van der Waals surface area contributed by atoms with Crippen molar-refractivity contribution >= 4 is 38.1 Å². The fourth-order valence-corrected chi connectivity index (χ4v) is 3.82. The molecule has 1 aromatic heterocycles. The number of rotatable bonds is 10. The lowest BCUT2D eigenvalue weighted by Crippen LogP contribution is -2.28. The second kappa shape index (κ2) is 11.1. The summed E-state index contributed by atoms with van der Waals surface area (Å²) in [7, 11) is -3.16. The lowest BCUT2D eigenvalue weighted by atomic mass is 10.1. The molecule has 0 aliphatic carbocycles. The molecule has 1 heterocycles. The first-order chi connectivity index (χ1) is 16.1. The molecule has 0 saturated carbocycles. The molecule has 2 N–H and O–H groups in total. The number of hydrogen-bond acceptors (Lipinski definition) is 8. The van der Waals surface area contributed by atoms with Gasteiger partial charge in [0.2, 0.25) is 0 Å². The third-order valence-electron chi connectivity index (χ3n) is 4.28. The van der Waals surface area contributed by atoms with Gasteiger partial charge in [-0.25, -0.2) is 13.4 Å². The van der Waals surface area contributed by atoms with Crippen molar-refractivity contribution in [1.29, 1.82) is 0 Å². The fourth-order valence-electron chi connectivity index (χ4n) is 2.82. The van der Waals surface area contributed by atoms with Gasteiger partial charge in [0.1, 0.15) is 27.1 Å². The quantitative estimate of drug-likeness (QED) is 0.432. The van der Waals surface area contributed by atoms with Crippen molar-refractivity contribution < 1.29 is 27.5 Å². The first kappa shape index (κ1) is 25.2. The molecule has 3 rings (SSSR count). The van der Waals surface area contributed by atoms with Gasteiger partial charge in [0.25, 0.3) is 11.8 Å². The Balaban J connectivity index is 1.73. The van der Waals surface area contributed by atoms with Gasteiger partial charge in [-0.3, -0.25) is 14.9 Å². The lowest BCUT2D eigenvalue weighted by molar-refractivity contribution is 0.0955. The molecular formula is C23H25N3O6S2. The molecular weight excluding hydrogens is 478 g/mol. The van der Waals surface area contributed by atoms with Crippen LogP contribution >= 0.6 is 11.3 Å². The largest absolute Gasteiger partial charge is 0.491 e. The van der Waals surface area contributed by atoms with Gasteiger partial charge in [0.05, 0.1) is 11.9 Å². The van der Waals surface area contributed by atoms with E-state index in [4.69, 9.17) is 9.47 Å². The molecule has 34 heavy (non-hydrogen) atoms. The van der Waals surface area contributed by atoms with Crippen LogP contribution in [0.4, 0.5) is 5.13 Å². The zero-order chi connectivity index (χ0) is 24.7. The van der Waals surface area contributed by atoms with Gasteiger partial charge >= 0.3 is 0 Å². The number of aromatic nitrogens is 1. The van der Waals surface area contributed by atoms with Gasteiger partial charge in [-0.05, 0) is 50.2 Å². The van der Waals surface area contributed by atoms with E-state index in [1.165, 1.54) is 11.3 Å². The number of nitrogens with zero attached hydrogens (tertiary/aromatic N) is 1. The molecule has 11 heteroatoms. The number of carbonyl (C=O) groups excluding carboxylic acids is 2. The number of carbonyl (C=O) groups is 2. The van der Waals surface area contributed by atoms with Crippen molar-refractivity contribution in [3.63, 3.8) is 0 Å². The summed E-state index contributed by atoms with van der Waals surface area (Å²) in [6, 6.07) is 11.2. The van der Waals surface area contributed by atoms with Crippen molar-refractivity contribution in [2.75, 3.05) is 23.9 Å². The number of nitrogens with one attached hydrogen (secondary N) is 2. The highest BCUT2D eigenvalue weighted by Crippen LogP contribution is 2.29. The minimum absolute atomic E-state index is 0.0321. The molecule has 9 nitrogen and oxygen atoms in total. The summed E-state index contributed by atoms with van der Waals surface area (Å²) in [5.41, 5.74) is 0.700. The van der Waals surface area contributed by atoms with Crippen molar-refractivity contribution in [3.05, 3.63) is 65.2 Å². The van der Waals surface area contributed by atoms with E-state index in [0.29, 0.717) is 33.5 Å². The zero-order valence-corrected chi connectivity index (χ0v) is 20.5. The van der Waals surface area contributed by atoms with E-state index in [2.05, 4.69) is 15.6 Å². The summed E-state index contributed by atoms with van der Waals surface area (Å²) in [6.45, 7) is 3.79. The third kappa shape index (κ3) is 7.85. The van der Waals surface area contributed by atoms with Gasteiger partial charge in [-0.2, -0.15) is 0 Å². The van der Waals surface area contributed by atoms with Crippen molar-refractivity contribution in [3.8, 4) is 17.2 Å². The average molecular weight is 504 g/mol. The number of benzene rings is 2. The Morgan fingerprint density at radius 2 is 1.71 bits per heavy atom. The highest BCUT2D eigenvalue weighted by molar-refractivity contribution is 7.90. The first-order valence-electron chi connectivity index (χ1n) is 10.4. The van der Waals surface area contributed by atoms with Crippen LogP contribution in [0.5, 0.6) is 17.2 Å². The van der Waals surface area contributed by atoms with E-state index >= 15 is 0 Å². The van der Waals surface area contributed by atoms with E-state index < -0.39 is 9.84 Å². The molecule has 0 aliphatic rings. The van der Waals surface area contributed by atoms with Gasteiger partial charge < -0.3 is 14.8 Å². The first-order valence-corrected chi connectivity index (χ1v) is 13.3. The maximum atomic E-state index is 12.7. The van der Waals surface area contributed by atoms with E-state index in [1.807, 2.05) is 13.8 Å². The standard InChI is InChI=1S/C23H25N3O6S2/c1-15(2)31-19-12-17(22(28)26-23-25-8-10-33-23)13-20(14-19)32-18-6-4-16(5-7-18)21(27)24-9-11-34(3,29)30/h4-8,10,12-15H,9,11H2,1-3H3,(H,24,27)(H,25,26,28). The summed E-state index contributed by atoms with van der Waals surface area (Å²) < 4.78 is 34.0. The van der Waals surface area contributed by atoms with Crippen LogP contribution in [-0.2, 0) is 9.84 Å². The number of amides is 2. The SMILES string of the molecule is CC(C)Oc1cc(Oc2ccc(C(=O)NCCS(C)(=O)=O)cc2)cc(C(=O)Nc2nccs2)c1. The van der Waals surface area contributed by atoms with E-state index in [0.717, 1.165) is 6.26 Å². The van der Waals surface area contributed by atoms with Crippen LogP contribution in [0.2, 0.25) is 0 Å². The number of anilines is 1. The van der Waals surface area contributed by atoms with E-state index in [1.54, 1.807) is 54.0 Å². The van der Waals surface area contributed by atoms with Crippen LogP contribution in [0, 0.1) is 0 Å². The smallest absolute Gasteiger partial charge is 0.257 e. The highest BCUT2D eigenvalue weighted by Gasteiger charge is 2.14. The summed E-state index contributed by atoms with van der Waals surface area (Å²) in [4.78, 5) is 28.9.